The third kappa shape index (κ3) is 2.38. The van der Waals surface area contributed by atoms with Crippen LogP contribution in [0.5, 0.6) is 0 Å². The molecule has 3 aliphatic rings. The Bertz CT molecular complexity index is 714. The molecule has 1 saturated heterocycles. The molecule has 2 aliphatic carbocycles. The molecule has 130 valence electrons. The van der Waals surface area contributed by atoms with Crippen molar-refractivity contribution in [2.75, 3.05) is 13.2 Å². The van der Waals surface area contributed by atoms with Crippen molar-refractivity contribution in [1.82, 2.24) is 0 Å². The molecule has 0 aromatic heterocycles. The molecule has 0 amide bonds. The summed E-state index contributed by atoms with van der Waals surface area (Å²) in [7, 11) is 0. The highest BCUT2D eigenvalue weighted by atomic mass is 16.7. The summed E-state index contributed by atoms with van der Waals surface area (Å²) in [5, 5.41) is 0. The van der Waals surface area contributed by atoms with Gasteiger partial charge in [-0.25, -0.2) is 0 Å². The SMILES string of the molecule is c1ccc2c(c1)-c1ccccc1C21CCOC2(CCCCC2)OCC1. The fourth-order valence-electron chi connectivity index (χ4n) is 5.32. The molecule has 0 atom stereocenters. The van der Waals surface area contributed by atoms with E-state index in [9.17, 15) is 0 Å². The van der Waals surface area contributed by atoms with E-state index in [4.69, 9.17) is 9.47 Å². The highest BCUT2D eigenvalue weighted by molar-refractivity contribution is 5.81. The maximum atomic E-state index is 6.41. The van der Waals surface area contributed by atoms with Crippen LogP contribution in [0.25, 0.3) is 11.1 Å². The van der Waals surface area contributed by atoms with E-state index in [0.717, 1.165) is 38.9 Å². The molecule has 0 bridgehead atoms. The zero-order valence-corrected chi connectivity index (χ0v) is 14.8. The van der Waals surface area contributed by atoms with Crippen LogP contribution in [0.3, 0.4) is 0 Å². The van der Waals surface area contributed by atoms with Crippen LogP contribution < -0.4 is 0 Å². The highest BCUT2D eigenvalue weighted by Crippen LogP contribution is 2.53. The lowest BCUT2D eigenvalue weighted by molar-refractivity contribution is -0.262. The lowest BCUT2D eigenvalue weighted by Crippen LogP contribution is -2.43. The maximum absolute atomic E-state index is 6.41. The second-order valence-electron chi connectivity index (χ2n) is 7.84. The summed E-state index contributed by atoms with van der Waals surface area (Å²) >= 11 is 0. The molecule has 2 spiro atoms. The Labute approximate surface area is 150 Å². The molecular weight excluding hydrogens is 308 g/mol. The van der Waals surface area contributed by atoms with Gasteiger partial charge in [0.05, 0.1) is 13.2 Å². The standard InChI is InChI=1S/C23H26O2/c1-6-12-23(13-7-1)24-16-14-22(15-17-25-23)20-10-4-2-8-18(20)19-9-3-5-11-21(19)22/h2-5,8-11H,1,6-7,12-17H2. The number of ether oxygens (including phenoxy) is 2. The number of fused-ring (bicyclic) bond motifs is 5. The molecular formula is C23H26O2. The molecule has 2 aromatic carbocycles. The van der Waals surface area contributed by atoms with E-state index in [1.807, 2.05) is 0 Å². The Morgan fingerprint density at radius 1 is 0.600 bits per heavy atom. The second-order valence-corrected chi connectivity index (χ2v) is 7.84. The van der Waals surface area contributed by atoms with E-state index in [2.05, 4.69) is 48.5 Å². The van der Waals surface area contributed by atoms with E-state index < -0.39 is 0 Å². The van der Waals surface area contributed by atoms with Gasteiger partial charge in [-0.05, 0) is 47.9 Å². The molecule has 0 unspecified atom stereocenters. The van der Waals surface area contributed by atoms with Gasteiger partial charge in [-0.1, -0.05) is 55.0 Å². The van der Waals surface area contributed by atoms with Crippen LogP contribution >= 0.6 is 0 Å². The monoisotopic (exact) mass is 334 g/mol. The van der Waals surface area contributed by atoms with Crippen molar-refractivity contribution in [3.8, 4) is 11.1 Å². The van der Waals surface area contributed by atoms with Crippen LogP contribution in [0.1, 0.15) is 56.1 Å². The summed E-state index contributed by atoms with van der Waals surface area (Å²) in [5.74, 6) is -0.294. The fourth-order valence-corrected chi connectivity index (χ4v) is 5.32. The van der Waals surface area contributed by atoms with Crippen molar-refractivity contribution in [2.45, 2.75) is 56.1 Å². The van der Waals surface area contributed by atoms with E-state index in [1.165, 1.54) is 41.5 Å². The van der Waals surface area contributed by atoms with Crippen molar-refractivity contribution in [3.63, 3.8) is 0 Å². The van der Waals surface area contributed by atoms with Crippen LogP contribution in [0, 0.1) is 0 Å². The third-order valence-corrected chi connectivity index (χ3v) is 6.58. The Morgan fingerprint density at radius 2 is 1.12 bits per heavy atom. The summed E-state index contributed by atoms with van der Waals surface area (Å²) in [4.78, 5) is 0. The summed E-state index contributed by atoms with van der Waals surface area (Å²) in [6.45, 7) is 1.56. The van der Waals surface area contributed by atoms with E-state index in [0.29, 0.717) is 0 Å². The van der Waals surface area contributed by atoms with Gasteiger partial charge in [-0.3, -0.25) is 0 Å². The smallest absolute Gasteiger partial charge is 0.168 e. The first-order chi connectivity index (χ1) is 12.3. The largest absolute Gasteiger partial charge is 0.350 e. The van der Waals surface area contributed by atoms with Gasteiger partial charge in [0.1, 0.15) is 0 Å². The highest BCUT2D eigenvalue weighted by Gasteiger charge is 2.45. The van der Waals surface area contributed by atoms with Gasteiger partial charge in [-0.15, -0.1) is 0 Å². The first-order valence-electron chi connectivity index (χ1n) is 9.80. The average molecular weight is 334 g/mol. The summed E-state index contributed by atoms with van der Waals surface area (Å²) in [5.41, 5.74) is 5.76. The Morgan fingerprint density at radius 3 is 1.68 bits per heavy atom. The number of hydrogen-bond donors (Lipinski definition) is 0. The van der Waals surface area contributed by atoms with Gasteiger partial charge < -0.3 is 9.47 Å². The van der Waals surface area contributed by atoms with Crippen LogP contribution in [-0.2, 0) is 14.9 Å². The minimum absolute atomic E-state index is 0.0451. The summed E-state index contributed by atoms with van der Waals surface area (Å²) < 4.78 is 12.8. The van der Waals surface area contributed by atoms with Crippen molar-refractivity contribution in [2.24, 2.45) is 0 Å². The zero-order chi connectivity index (χ0) is 16.7. The molecule has 1 aliphatic heterocycles. The van der Waals surface area contributed by atoms with Crippen molar-refractivity contribution in [1.29, 1.82) is 0 Å². The number of benzene rings is 2. The van der Waals surface area contributed by atoms with Crippen molar-refractivity contribution in [3.05, 3.63) is 59.7 Å². The van der Waals surface area contributed by atoms with Crippen molar-refractivity contribution < 1.29 is 9.47 Å². The van der Waals surface area contributed by atoms with Gasteiger partial charge in [0.2, 0.25) is 0 Å². The molecule has 1 saturated carbocycles. The van der Waals surface area contributed by atoms with Gasteiger partial charge >= 0.3 is 0 Å². The predicted octanol–water partition coefficient (Wildman–Crippen LogP) is 5.44. The Kier molecular flexibility index (Phi) is 3.72. The molecule has 2 heteroatoms. The number of hydrogen-bond acceptors (Lipinski definition) is 2. The Balaban J connectivity index is 1.51. The second kappa shape index (κ2) is 5.96. The third-order valence-electron chi connectivity index (χ3n) is 6.58. The molecule has 2 nitrogen and oxygen atoms in total. The van der Waals surface area contributed by atoms with Crippen LogP contribution in [0.2, 0.25) is 0 Å². The van der Waals surface area contributed by atoms with E-state index >= 15 is 0 Å². The van der Waals surface area contributed by atoms with E-state index in [1.54, 1.807) is 0 Å². The first kappa shape index (κ1) is 15.6. The van der Waals surface area contributed by atoms with E-state index in [-0.39, 0.29) is 11.2 Å². The minimum Gasteiger partial charge on any atom is -0.350 e. The first-order valence-corrected chi connectivity index (χ1v) is 9.80. The summed E-state index contributed by atoms with van der Waals surface area (Å²) in [6.07, 6.45) is 8.01. The van der Waals surface area contributed by atoms with Crippen LogP contribution in [-0.4, -0.2) is 19.0 Å². The molecule has 25 heavy (non-hydrogen) atoms. The van der Waals surface area contributed by atoms with Gasteiger partial charge in [0, 0.05) is 18.3 Å². The van der Waals surface area contributed by atoms with Gasteiger partial charge in [-0.2, -0.15) is 0 Å². The van der Waals surface area contributed by atoms with Gasteiger partial charge in [0.25, 0.3) is 0 Å². The molecule has 5 rings (SSSR count). The normalized spacial score (nSPS) is 23.7. The predicted molar refractivity (Wildman–Crippen MR) is 99.6 cm³/mol. The fraction of sp³-hybridized carbons (Fsp3) is 0.478. The minimum atomic E-state index is -0.294. The summed E-state index contributed by atoms with van der Waals surface area (Å²) in [6, 6.07) is 17.8. The lowest BCUT2D eigenvalue weighted by atomic mass is 9.73. The molecule has 2 fully saturated rings. The topological polar surface area (TPSA) is 18.5 Å². The lowest BCUT2D eigenvalue weighted by Gasteiger charge is -2.42. The molecule has 0 radical (unpaired) electrons. The average Bonchev–Trinajstić information content (AvgIpc) is 2.93. The quantitative estimate of drug-likeness (QED) is 0.638. The van der Waals surface area contributed by atoms with Crippen LogP contribution in [0.4, 0.5) is 0 Å². The van der Waals surface area contributed by atoms with Crippen molar-refractivity contribution >= 4 is 0 Å². The number of rotatable bonds is 0. The molecule has 1 heterocycles. The molecule has 0 N–H and O–H groups in total. The van der Waals surface area contributed by atoms with Crippen LogP contribution in [0.15, 0.2) is 48.5 Å². The van der Waals surface area contributed by atoms with Gasteiger partial charge in [0.15, 0.2) is 5.79 Å². The maximum Gasteiger partial charge on any atom is 0.168 e. The zero-order valence-electron chi connectivity index (χ0n) is 14.8. The Hall–Kier alpha value is -1.64. The molecule has 2 aromatic rings.